The first kappa shape index (κ1) is 7.52. The van der Waals surface area contributed by atoms with E-state index in [-0.39, 0.29) is 0 Å². The summed E-state index contributed by atoms with van der Waals surface area (Å²) >= 11 is 4.86. The lowest BCUT2D eigenvalue weighted by Crippen LogP contribution is -1.84. The maximum absolute atomic E-state index is 2.43. The fourth-order valence-electron chi connectivity index (χ4n) is 0.218. The SMILES string of the molecule is CCCB(I)I. The highest BCUT2D eigenvalue weighted by molar-refractivity contribution is 14.3. The van der Waals surface area contributed by atoms with Gasteiger partial charge in [0.25, 0.3) is 2.43 Å². The lowest BCUT2D eigenvalue weighted by Gasteiger charge is -1.86. The van der Waals surface area contributed by atoms with Crippen molar-refractivity contribution >= 4 is 47.2 Å². The van der Waals surface area contributed by atoms with Crippen molar-refractivity contribution in [3.8, 4) is 0 Å². The molecule has 0 unspecified atom stereocenters. The summed E-state index contributed by atoms with van der Waals surface area (Å²) < 4.78 is 0.838. The topological polar surface area (TPSA) is 0 Å². The molecule has 0 bridgehead atoms. The van der Waals surface area contributed by atoms with Crippen LogP contribution in [0.15, 0.2) is 0 Å². The third-order valence-corrected chi connectivity index (χ3v) is 1.75. The molecule has 0 aliphatic carbocycles. The van der Waals surface area contributed by atoms with Crippen LogP contribution >= 0.6 is 44.7 Å². The molecule has 3 heteroatoms. The predicted octanol–water partition coefficient (Wildman–Crippen LogP) is 2.75. The Morgan fingerprint density at radius 3 is 2.00 bits per heavy atom. The van der Waals surface area contributed by atoms with Crippen molar-refractivity contribution in [2.24, 2.45) is 0 Å². The maximum Gasteiger partial charge on any atom is 0.289 e. The summed E-state index contributed by atoms with van der Waals surface area (Å²) in [5, 5.41) is 0. The minimum Gasteiger partial charge on any atom is -0.134 e. The van der Waals surface area contributed by atoms with Crippen molar-refractivity contribution in [3.05, 3.63) is 0 Å². The Kier molecular flexibility index (Phi) is 5.87. The van der Waals surface area contributed by atoms with Gasteiger partial charge in [-0.15, -0.1) is 44.7 Å². The van der Waals surface area contributed by atoms with Crippen molar-refractivity contribution in [3.63, 3.8) is 0 Å². The van der Waals surface area contributed by atoms with Crippen LogP contribution in [-0.4, -0.2) is 2.43 Å². The molecule has 0 fully saturated rings. The molecule has 0 aromatic rings. The number of hydrogen-bond acceptors (Lipinski definition) is 0. The van der Waals surface area contributed by atoms with E-state index in [1.165, 1.54) is 12.7 Å². The minimum atomic E-state index is 0.838. The average Bonchev–Trinajstić information content (AvgIpc) is 1.35. The van der Waals surface area contributed by atoms with Crippen LogP contribution in [0.25, 0.3) is 0 Å². The van der Waals surface area contributed by atoms with E-state index in [4.69, 9.17) is 0 Å². The van der Waals surface area contributed by atoms with Crippen LogP contribution in [0.4, 0.5) is 0 Å². The maximum atomic E-state index is 2.43. The molecule has 0 saturated heterocycles. The van der Waals surface area contributed by atoms with E-state index in [2.05, 4.69) is 51.7 Å². The van der Waals surface area contributed by atoms with E-state index in [1.807, 2.05) is 0 Å². The second-order valence-corrected chi connectivity index (χ2v) is 6.57. The van der Waals surface area contributed by atoms with Crippen molar-refractivity contribution in [2.45, 2.75) is 19.7 Å². The zero-order valence-corrected chi connectivity index (χ0v) is 8.06. The molecule has 0 spiro atoms. The molecular formula is C3H7BI2. The first-order chi connectivity index (χ1) is 2.77. The Morgan fingerprint density at radius 2 is 2.00 bits per heavy atom. The molecule has 0 aromatic heterocycles. The van der Waals surface area contributed by atoms with Crippen molar-refractivity contribution < 1.29 is 0 Å². The highest BCUT2D eigenvalue weighted by Crippen LogP contribution is 2.10. The summed E-state index contributed by atoms with van der Waals surface area (Å²) in [6.45, 7) is 2.21. The van der Waals surface area contributed by atoms with E-state index in [9.17, 15) is 0 Å². The highest BCUT2D eigenvalue weighted by atomic mass is 127. The van der Waals surface area contributed by atoms with Crippen molar-refractivity contribution in [1.82, 2.24) is 0 Å². The van der Waals surface area contributed by atoms with E-state index < -0.39 is 0 Å². The van der Waals surface area contributed by atoms with E-state index in [0.29, 0.717) is 0 Å². The van der Waals surface area contributed by atoms with Gasteiger partial charge in [0, 0.05) is 0 Å². The standard InChI is InChI=1S/C3H7BI2/c1-2-3-4(5)6/h2-3H2,1H3. The van der Waals surface area contributed by atoms with Gasteiger partial charge in [0.2, 0.25) is 0 Å². The van der Waals surface area contributed by atoms with E-state index >= 15 is 0 Å². The molecule has 0 rings (SSSR count). The molecule has 6 heavy (non-hydrogen) atoms. The van der Waals surface area contributed by atoms with Crippen molar-refractivity contribution in [2.75, 3.05) is 0 Å². The second-order valence-electron chi connectivity index (χ2n) is 1.18. The molecule has 36 valence electrons. The summed E-state index contributed by atoms with van der Waals surface area (Å²) in [4.78, 5) is 0. The van der Waals surface area contributed by atoms with Crippen LogP contribution in [0, 0.1) is 0 Å². The molecule has 0 amide bonds. The second kappa shape index (κ2) is 4.68. The van der Waals surface area contributed by atoms with Gasteiger partial charge in [0.1, 0.15) is 0 Å². The molecule has 0 aromatic carbocycles. The van der Waals surface area contributed by atoms with Gasteiger partial charge in [0.05, 0.1) is 0 Å². The summed E-state index contributed by atoms with van der Waals surface area (Å²) in [6, 6.07) is 0. The van der Waals surface area contributed by atoms with Gasteiger partial charge in [-0.25, -0.2) is 0 Å². The first-order valence-electron chi connectivity index (χ1n) is 2.05. The number of rotatable bonds is 2. The van der Waals surface area contributed by atoms with Gasteiger partial charge in [-0.05, 0) is 0 Å². The van der Waals surface area contributed by atoms with Crippen LogP contribution < -0.4 is 0 Å². The van der Waals surface area contributed by atoms with Crippen LogP contribution in [0.1, 0.15) is 13.3 Å². The summed E-state index contributed by atoms with van der Waals surface area (Å²) in [5.74, 6) is 0. The highest BCUT2D eigenvalue weighted by Gasteiger charge is 1.97. The van der Waals surface area contributed by atoms with Crippen LogP contribution in [0.2, 0.25) is 6.32 Å². The Morgan fingerprint density at radius 1 is 1.50 bits per heavy atom. The van der Waals surface area contributed by atoms with Gasteiger partial charge in [0.15, 0.2) is 0 Å². The molecule has 0 heterocycles. The first-order valence-corrected chi connectivity index (χ1v) is 4.54. The zero-order chi connectivity index (χ0) is 4.99. The monoisotopic (exact) mass is 308 g/mol. The molecule has 0 aliphatic rings. The van der Waals surface area contributed by atoms with Gasteiger partial charge in [-0.1, -0.05) is 19.7 Å². The Hall–Kier alpha value is 1.52. The van der Waals surface area contributed by atoms with Gasteiger partial charge in [-0.3, -0.25) is 0 Å². The summed E-state index contributed by atoms with van der Waals surface area (Å²) in [5.41, 5.74) is 0. The minimum absolute atomic E-state index is 0.838. The third-order valence-electron chi connectivity index (χ3n) is 0.507. The number of hydrogen-bond donors (Lipinski definition) is 0. The molecule has 0 nitrogen and oxygen atoms in total. The quantitative estimate of drug-likeness (QED) is 0.543. The molecular weight excluding hydrogens is 301 g/mol. The van der Waals surface area contributed by atoms with Crippen LogP contribution in [0.3, 0.4) is 0 Å². The molecule has 0 aliphatic heterocycles. The van der Waals surface area contributed by atoms with Gasteiger partial charge < -0.3 is 0 Å². The van der Waals surface area contributed by atoms with E-state index in [1.54, 1.807) is 0 Å². The Balaban J connectivity index is 2.63. The van der Waals surface area contributed by atoms with E-state index in [0.717, 1.165) is 2.43 Å². The molecule has 0 atom stereocenters. The van der Waals surface area contributed by atoms with Crippen LogP contribution in [-0.2, 0) is 0 Å². The lowest BCUT2D eigenvalue weighted by atomic mass is 10.0. The molecule has 0 saturated carbocycles. The number of halogens is 2. The fourth-order valence-corrected chi connectivity index (χ4v) is 1.46. The van der Waals surface area contributed by atoms with Gasteiger partial charge in [-0.2, -0.15) is 0 Å². The normalized spacial score (nSPS) is 8.50. The summed E-state index contributed by atoms with van der Waals surface area (Å²) in [6.07, 6.45) is 2.66. The fraction of sp³-hybridized carbons (Fsp3) is 1.00. The van der Waals surface area contributed by atoms with Crippen molar-refractivity contribution in [1.29, 1.82) is 0 Å². The smallest absolute Gasteiger partial charge is 0.134 e. The lowest BCUT2D eigenvalue weighted by molar-refractivity contribution is 1.08. The molecule has 0 radical (unpaired) electrons. The zero-order valence-electron chi connectivity index (χ0n) is 3.75. The van der Waals surface area contributed by atoms with Crippen LogP contribution in [0.5, 0.6) is 0 Å². The predicted molar refractivity (Wildman–Crippen MR) is 48.9 cm³/mol. The largest absolute Gasteiger partial charge is 0.289 e. The average molecular weight is 308 g/mol. The Bertz CT molecular complexity index is 30.0. The third kappa shape index (κ3) is 5.52. The Labute approximate surface area is 66.3 Å². The van der Waals surface area contributed by atoms with Gasteiger partial charge >= 0.3 is 0 Å². The molecule has 0 N–H and O–H groups in total. The summed E-state index contributed by atoms with van der Waals surface area (Å²) in [7, 11) is 0.